The van der Waals surface area contributed by atoms with Gasteiger partial charge in [-0.05, 0) is 31.2 Å². The van der Waals surface area contributed by atoms with Gasteiger partial charge >= 0.3 is 5.97 Å². The molecule has 4 aliphatic rings. The van der Waals surface area contributed by atoms with Crippen molar-refractivity contribution < 1.29 is 24.1 Å². The quantitative estimate of drug-likeness (QED) is 0.570. The van der Waals surface area contributed by atoms with Gasteiger partial charge in [0.2, 0.25) is 6.79 Å². The van der Waals surface area contributed by atoms with Crippen LogP contribution in [0.5, 0.6) is 11.5 Å². The van der Waals surface area contributed by atoms with Crippen LogP contribution in [0.1, 0.15) is 28.3 Å². The molecule has 3 heterocycles. The molecule has 0 radical (unpaired) electrons. The lowest BCUT2D eigenvalue weighted by Crippen LogP contribution is -2.50. The highest BCUT2D eigenvalue weighted by atomic mass is 16.7. The fraction of sp³-hybridized carbons (Fsp3) is 0.471. The molecule has 6 heteroatoms. The smallest absolute Gasteiger partial charge is 0.338 e. The van der Waals surface area contributed by atoms with Gasteiger partial charge in [-0.1, -0.05) is 11.6 Å². The van der Waals surface area contributed by atoms with E-state index in [1.54, 1.807) is 6.07 Å². The Labute approximate surface area is 133 Å². The molecule has 1 aliphatic carbocycles. The first kappa shape index (κ1) is 13.4. The molecule has 5 rings (SSSR count). The van der Waals surface area contributed by atoms with Crippen LogP contribution in [0.25, 0.3) is 0 Å². The second kappa shape index (κ2) is 4.49. The summed E-state index contributed by atoms with van der Waals surface area (Å²) in [6, 6.07) is 3.74. The largest absolute Gasteiger partial charge is 0.455 e. The highest BCUT2D eigenvalue weighted by Gasteiger charge is 2.50. The molecular formula is C17H17NO5. The van der Waals surface area contributed by atoms with Crippen LogP contribution in [0, 0.1) is 0 Å². The second-order valence-corrected chi connectivity index (χ2v) is 6.60. The number of benzene rings is 1. The van der Waals surface area contributed by atoms with Crippen molar-refractivity contribution in [2.24, 2.45) is 0 Å². The Morgan fingerprint density at radius 2 is 2.04 bits per heavy atom. The Kier molecular flexibility index (Phi) is 2.61. The minimum Gasteiger partial charge on any atom is -0.455 e. The lowest BCUT2D eigenvalue weighted by Gasteiger charge is -2.43. The molecule has 4 atom stereocenters. The van der Waals surface area contributed by atoms with Gasteiger partial charge in [-0.15, -0.1) is 0 Å². The van der Waals surface area contributed by atoms with Gasteiger partial charge in [0.15, 0.2) is 11.5 Å². The number of carbonyl (C=O) groups is 1. The second-order valence-electron chi connectivity index (χ2n) is 6.60. The molecule has 6 nitrogen and oxygen atoms in total. The molecule has 0 aromatic heterocycles. The third-order valence-electron chi connectivity index (χ3n) is 5.39. The molecule has 1 saturated heterocycles. The van der Waals surface area contributed by atoms with E-state index in [4.69, 9.17) is 14.2 Å². The third kappa shape index (κ3) is 1.73. The molecule has 3 aliphatic heterocycles. The zero-order valence-corrected chi connectivity index (χ0v) is 12.7. The number of rotatable bonds is 0. The van der Waals surface area contributed by atoms with E-state index in [1.807, 2.05) is 12.1 Å². The van der Waals surface area contributed by atoms with Crippen molar-refractivity contribution in [3.05, 3.63) is 34.9 Å². The van der Waals surface area contributed by atoms with E-state index in [9.17, 15) is 9.90 Å². The van der Waals surface area contributed by atoms with E-state index in [2.05, 4.69) is 11.9 Å². The minimum absolute atomic E-state index is 0.0836. The first-order valence-electron chi connectivity index (χ1n) is 7.87. The van der Waals surface area contributed by atoms with Crippen molar-refractivity contribution in [1.29, 1.82) is 0 Å². The Hall–Kier alpha value is -2.05. The SMILES string of the molecule is CN1CCC2=C[C@H](O)[C@H]3OC(=O)c4cc5c(cc4[C@H]3[C@H]21)OCO5. The summed E-state index contributed by atoms with van der Waals surface area (Å²) >= 11 is 0. The molecule has 120 valence electrons. The average molecular weight is 315 g/mol. The van der Waals surface area contributed by atoms with Gasteiger partial charge in [0.05, 0.1) is 5.56 Å². The third-order valence-corrected chi connectivity index (χ3v) is 5.39. The predicted molar refractivity (Wildman–Crippen MR) is 79.6 cm³/mol. The average Bonchev–Trinajstić information content (AvgIpc) is 3.13. The standard InChI is InChI=1S/C17H17NO5/c1-18-3-2-8-4-11(19)16-14(15(8)18)9-5-12-13(22-7-21-12)6-10(9)17(20)23-16/h4-6,11,14-16,19H,2-3,7H2,1H3/t11-,14-,15-,16+/m0/s1. The van der Waals surface area contributed by atoms with E-state index >= 15 is 0 Å². The monoisotopic (exact) mass is 315 g/mol. The summed E-state index contributed by atoms with van der Waals surface area (Å²) in [6.07, 6.45) is 1.49. The summed E-state index contributed by atoms with van der Waals surface area (Å²) < 4.78 is 16.4. The first-order chi connectivity index (χ1) is 11.1. The molecule has 1 fully saturated rings. The molecule has 23 heavy (non-hydrogen) atoms. The van der Waals surface area contributed by atoms with Crippen LogP contribution in [-0.4, -0.2) is 54.6 Å². The Morgan fingerprint density at radius 3 is 2.87 bits per heavy atom. The molecule has 1 N–H and O–H groups in total. The number of likely N-dealkylation sites (N-methyl/N-ethyl adjacent to an activating group) is 1. The maximum atomic E-state index is 12.4. The van der Waals surface area contributed by atoms with E-state index in [0.717, 1.165) is 18.5 Å². The number of ether oxygens (including phenoxy) is 3. The van der Waals surface area contributed by atoms with Gasteiger partial charge in [-0.25, -0.2) is 4.79 Å². The first-order valence-corrected chi connectivity index (χ1v) is 7.87. The number of hydrogen-bond donors (Lipinski definition) is 1. The van der Waals surface area contributed by atoms with Crippen LogP contribution in [0.3, 0.4) is 0 Å². The number of esters is 1. The normalized spacial score (nSPS) is 34.3. The maximum absolute atomic E-state index is 12.4. The molecule has 0 unspecified atom stereocenters. The summed E-state index contributed by atoms with van der Waals surface area (Å²) in [5, 5.41) is 10.4. The number of carbonyl (C=O) groups excluding carboxylic acids is 1. The number of nitrogens with zero attached hydrogens (tertiary/aromatic N) is 1. The molecule has 0 saturated carbocycles. The van der Waals surface area contributed by atoms with Crippen molar-refractivity contribution in [3.63, 3.8) is 0 Å². The van der Waals surface area contributed by atoms with Gasteiger partial charge in [0.1, 0.15) is 12.2 Å². The van der Waals surface area contributed by atoms with Crippen LogP contribution in [-0.2, 0) is 4.74 Å². The molecule has 0 spiro atoms. The summed E-state index contributed by atoms with van der Waals surface area (Å²) in [7, 11) is 2.07. The number of aliphatic hydroxyl groups excluding tert-OH is 1. The van der Waals surface area contributed by atoms with Crippen LogP contribution in [0.15, 0.2) is 23.8 Å². The van der Waals surface area contributed by atoms with Gasteiger partial charge in [0, 0.05) is 18.5 Å². The van der Waals surface area contributed by atoms with E-state index in [0.29, 0.717) is 17.1 Å². The molecular weight excluding hydrogens is 298 g/mol. The molecule has 1 aromatic rings. The topological polar surface area (TPSA) is 68.2 Å². The van der Waals surface area contributed by atoms with Gasteiger partial charge in [-0.3, -0.25) is 4.90 Å². The Balaban J connectivity index is 1.70. The van der Waals surface area contributed by atoms with E-state index in [1.165, 1.54) is 5.57 Å². The number of fused-ring (bicyclic) bond motifs is 6. The summed E-state index contributed by atoms with van der Waals surface area (Å²) in [5.74, 6) is 0.741. The van der Waals surface area contributed by atoms with Crippen LogP contribution >= 0.6 is 0 Å². The highest BCUT2D eigenvalue weighted by Crippen LogP contribution is 2.48. The fourth-order valence-electron chi connectivity index (χ4n) is 4.36. The van der Waals surface area contributed by atoms with Crippen molar-refractivity contribution >= 4 is 5.97 Å². The maximum Gasteiger partial charge on any atom is 0.338 e. The zero-order valence-electron chi connectivity index (χ0n) is 12.7. The van der Waals surface area contributed by atoms with Crippen molar-refractivity contribution in [3.8, 4) is 11.5 Å². The lowest BCUT2D eigenvalue weighted by molar-refractivity contribution is -0.0336. The molecule has 1 aromatic carbocycles. The summed E-state index contributed by atoms with van der Waals surface area (Å²) in [4.78, 5) is 14.7. The predicted octanol–water partition coefficient (Wildman–Crippen LogP) is 1.04. The van der Waals surface area contributed by atoms with E-state index < -0.39 is 18.2 Å². The number of hydrogen-bond acceptors (Lipinski definition) is 6. The van der Waals surface area contributed by atoms with Crippen LogP contribution < -0.4 is 9.47 Å². The zero-order chi connectivity index (χ0) is 15.7. The van der Waals surface area contributed by atoms with E-state index in [-0.39, 0.29) is 18.8 Å². The lowest BCUT2D eigenvalue weighted by atomic mass is 9.74. The van der Waals surface area contributed by atoms with Crippen LogP contribution in [0.4, 0.5) is 0 Å². The van der Waals surface area contributed by atoms with Gasteiger partial charge in [-0.2, -0.15) is 0 Å². The van der Waals surface area contributed by atoms with Crippen molar-refractivity contribution in [2.75, 3.05) is 20.4 Å². The van der Waals surface area contributed by atoms with Gasteiger partial charge in [0.25, 0.3) is 0 Å². The minimum atomic E-state index is -0.764. The molecule has 0 bridgehead atoms. The Morgan fingerprint density at radius 1 is 1.26 bits per heavy atom. The number of aliphatic hydroxyl groups is 1. The summed E-state index contributed by atoms with van der Waals surface area (Å²) in [5.41, 5.74) is 2.63. The van der Waals surface area contributed by atoms with Crippen molar-refractivity contribution in [1.82, 2.24) is 4.90 Å². The Bertz CT molecular complexity index is 743. The van der Waals surface area contributed by atoms with Crippen LogP contribution in [0.2, 0.25) is 0 Å². The van der Waals surface area contributed by atoms with Gasteiger partial charge < -0.3 is 19.3 Å². The summed E-state index contributed by atoms with van der Waals surface area (Å²) in [6.45, 7) is 1.11. The highest BCUT2D eigenvalue weighted by molar-refractivity contribution is 5.94. The fourth-order valence-corrected chi connectivity index (χ4v) is 4.36. The number of likely N-dealkylation sites (tertiary alicyclic amines) is 1. The van der Waals surface area contributed by atoms with Crippen molar-refractivity contribution in [2.45, 2.75) is 30.6 Å². The molecule has 0 amide bonds.